The average molecular weight is 351 g/mol. The number of fused-ring (bicyclic) bond motifs is 1. The third-order valence-corrected chi connectivity index (χ3v) is 5.00. The maximum absolute atomic E-state index is 12.4. The molecule has 0 aliphatic heterocycles. The molecule has 0 amide bonds. The monoisotopic (exact) mass is 351 g/mol. The summed E-state index contributed by atoms with van der Waals surface area (Å²) in [6, 6.07) is 7.90. The van der Waals surface area contributed by atoms with Gasteiger partial charge < -0.3 is 5.73 Å². The molecule has 1 heterocycles. The van der Waals surface area contributed by atoms with Gasteiger partial charge in [0.25, 0.3) is 15.7 Å². The molecular weight excluding hydrogens is 342 g/mol. The minimum atomic E-state index is -4.08. The van der Waals surface area contributed by atoms with Crippen LogP contribution in [0.1, 0.15) is 0 Å². The molecule has 3 N–H and O–H groups in total. The highest BCUT2D eigenvalue weighted by Gasteiger charge is 2.21. The van der Waals surface area contributed by atoms with Crippen molar-refractivity contribution in [3.63, 3.8) is 0 Å². The second-order valence-corrected chi connectivity index (χ2v) is 6.73. The molecule has 0 bridgehead atoms. The van der Waals surface area contributed by atoms with E-state index in [2.05, 4.69) is 13.5 Å². The number of hydrogen-bond acceptors (Lipinski definition) is 8. The molecule has 0 spiro atoms. The fourth-order valence-corrected chi connectivity index (χ4v) is 3.64. The van der Waals surface area contributed by atoms with E-state index in [1.54, 1.807) is 6.07 Å². The quantitative estimate of drug-likeness (QED) is 0.416. The van der Waals surface area contributed by atoms with Crippen molar-refractivity contribution < 1.29 is 13.3 Å². The lowest BCUT2D eigenvalue weighted by Crippen LogP contribution is -2.15. The molecule has 1 aromatic heterocycles. The standard InChI is InChI=1S/C12H9N5O4S2/c13-9-3-2-8(17(18)19)6-12(9)23(20,21)16-7-1-4-10-11(5-7)15-22-14-10/h1-6,16H,13H2. The van der Waals surface area contributed by atoms with Crippen molar-refractivity contribution in [1.29, 1.82) is 0 Å². The Morgan fingerprint density at radius 1 is 1.13 bits per heavy atom. The summed E-state index contributed by atoms with van der Waals surface area (Å²) in [5.41, 5.74) is 6.64. The number of nitrogen functional groups attached to an aromatic ring is 1. The molecular formula is C12H9N5O4S2. The molecule has 0 radical (unpaired) electrons. The zero-order chi connectivity index (χ0) is 16.6. The van der Waals surface area contributed by atoms with E-state index in [0.717, 1.165) is 23.9 Å². The van der Waals surface area contributed by atoms with Crippen LogP contribution in [0.3, 0.4) is 0 Å². The summed E-state index contributed by atoms with van der Waals surface area (Å²) < 4.78 is 35.2. The van der Waals surface area contributed by atoms with Gasteiger partial charge in [-0.25, -0.2) is 8.42 Å². The Labute approximate surface area is 134 Å². The summed E-state index contributed by atoms with van der Waals surface area (Å²) >= 11 is 1.01. The molecule has 11 heteroatoms. The van der Waals surface area contributed by atoms with Gasteiger partial charge in [0, 0.05) is 12.1 Å². The van der Waals surface area contributed by atoms with Crippen LogP contribution in [-0.4, -0.2) is 22.1 Å². The summed E-state index contributed by atoms with van der Waals surface area (Å²) in [7, 11) is -4.08. The summed E-state index contributed by atoms with van der Waals surface area (Å²) in [6.07, 6.45) is 0. The number of sulfonamides is 1. The number of anilines is 2. The highest BCUT2D eigenvalue weighted by Crippen LogP contribution is 2.27. The number of non-ortho nitro benzene ring substituents is 1. The number of rotatable bonds is 4. The van der Waals surface area contributed by atoms with Gasteiger partial charge in [0.2, 0.25) is 0 Å². The minimum Gasteiger partial charge on any atom is -0.398 e. The Morgan fingerprint density at radius 3 is 2.61 bits per heavy atom. The molecule has 23 heavy (non-hydrogen) atoms. The topological polar surface area (TPSA) is 141 Å². The number of nitro groups is 1. The van der Waals surface area contributed by atoms with Crippen molar-refractivity contribution in [3.05, 3.63) is 46.5 Å². The lowest BCUT2D eigenvalue weighted by molar-refractivity contribution is -0.385. The van der Waals surface area contributed by atoms with Crippen molar-refractivity contribution in [2.45, 2.75) is 4.90 Å². The first-order chi connectivity index (χ1) is 10.9. The van der Waals surface area contributed by atoms with Crippen LogP contribution >= 0.6 is 11.7 Å². The second kappa shape index (κ2) is 5.44. The Bertz CT molecular complexity index is 1020. The Kier molecular flexibility index (Phi) is 3.58. The number of nitro benzene ring substituents is 1. The second-order valence-electron chi connectivity index (χ2n) is 4.55. The first-order valence-corrected chi connectivity index (χ1v) is 8.37. The molecule has 0 saturated carbocycles. The van der Waals surface area contributed by atoms with Crippen molar-refractivity contribution in [3.8, 4) is 0 Å². The molecule has 2 aromatic carbocycles. The molecule has 0 atom stereocenters. The van der Waals surface area contributed by atoms with Crippen LogP contribution in [0.25, 0.3) is 11.0 Å². The number of aromatic nitrogens is 2. The van der Waals surface area contributed by atoms with Gasteiger partial charge in [0.1, 0.15) is 15.9 Å². The van der Waals surface area contributed by atoms with Crippen LogP contribution in [0.15, 0.2) is 41.3 Å². The van der Waals surface area contributed by atoms with E-state index in [1.165, 1.54) is 18.2 Å². The predicted octanol–water partition coefficient (Wildman–Crippen LogP) is 1.98. The molecule has 3 aromatic rings. The van der Waals surface area contributed by atoms with Gasteiger partial charge in [0.05, 0.1) is 28.0 Å². The van der Waals surface area contributed by atoms with Gasteiger partial charge in [-0.2, -0.15) is 8.75 Å². The summed E-state index contributed by atoms with van der Waals surface area (Å²) in [4.78, 5) is 9.75. The van der Waals surface area contributed by atoms with Gasteiger partial charge in [-0.15, -0.1) is 0 Å². The summed E-state index contributed by atoms with van der Waals surface area (Å²) in [6.45, 7) is 0. The summed E-state index contributed by atoms with van der Waals surface area (Å²) in [5.74, 6) is 0. The van der Waals surface area contributed by atoms with E-state index in [4.69, 9.17) is 5.73 Å². The van der Waals surface area contributed by atoms with Gasteiger partial charge in [0.15, 0.2) is 0 Å². The van der Waals surface area contributed by atoms with E-state index < -0.39 is 14.9 Å². The molecule has 0 unspecified atom stereocenters. The third kappa shape index (κ3) is 2.91. The Morgan fingerprint density at radius 2 is 1.87 bits per heavy atom. The van der Waals surface area contributed by atoms with E-state index in [1.807, 2.05) is 0 Å². The van der Waals surface area contributed by atoms with Gasteiger partial charge in [-0.05, 0) is 24.3 Å². The predicted molar refractivity (Wildman–Crippen MR) is 85.7 cm³/mol. The van der Waals surface area contributed by atoms with E-state index in [9.17, 15) is 18.5 Å². The lowest BCUT2D eigenvalue weighted by atomic mass is 10.3. The number of nitrogens with one attached hydrogen (secondary N) is 1. The molecule has 0 fully saturated rings. The molecule has 0 saturated heterocycles. The largest absolute Gasteiger partial charge is 0.398 e. The van der Waals surface area contributed by atoms with Crippen molar-refractivity contribution in [1.82, 2.24) is 8.75 Å². The van der Waals surface area contributed by atoms with Gasteiger partial charge in [-0.3, -0.25) is 14.8 Å². The number of hydrogen-bond donors (Lipinski definition) is 2. The SMILES string of the molecule is Nc1ccc([N+](=O)[O-])cc1S(=O)(=O)Nc1ccc2nsnc2c1. The highest BCUT2D eigenvalue weighted by atomic mass is 32.2. The molecule has 118 valence electrons. The van der Waals surface area contributed by atoms with Crippen molar-refractivity contribution in [2.75, 3.05) is 10.5 Å². The lowest BCUT2D eigenvalue weighted by Gasteiger charge is -2.10. The van der Waals surface area contributed by atoms with Crippen molar-refractivity contribution in [2.24, 2.45) is 0 Å². The normalized spacial score (nSPS) is 11.5. The number of nitrogens with zero attached hydrogens (tertiary/aromatic N) is 3. The zero-order valence-electron chi connectivity index (χ0n) is 11.3. The van der Waals surface area contributed by atoms with Crippen LogP contribution < -0.4 is 10.5 Å². The maximum atomic E-state index is 12.4. The number of benzene rings is 2. The average Bonchev–Trinajstić information content (AvgIpc) is 2.94. The third-order valence-electron chi connectivity index (χ3n) is 3.00. The van der Waals surface area contributed by atoms with Gasteiger partial charge >= 0.3 is 0 Å². The van der Waals surface area contributed by atoms with Crippen LogP contribution in [0, 0.1) is 10.1 Å². The molecule has 3 rings (SSSR count). The Balaban J connectivity index is 2.01. The van der Waals surface area contributed by atoms with E-state index in [-0.39, 0.29) is 22.0 Å². The Hall–Kier alpha value is -2.79. The fraction of sp³-hybridized carbons (Fsp3) is 0. The number of nitrogens with two attached hydrogens (primary N) is 1. The first kappa shape index (κ1) is 15.1. The first-order valence-electron chi connectivity index (χ1n) is 6.16. The van der Waals surface area contributed by atoms with Gasteiger partial charge in [-0.1, -0.05) is 0 Å². The van der Waals surface area contributed by atoms with Crippen LogP contribution in [0.5, 0.6) is 0 Å². The van der Waals surface area contributed by atoms with E-state index >= 15 is 0 Å². The molecule has 0 aliphatic carbocycles. The zero-order valence-corrected chi connectivity index (χ0v) is 13.0. The van der Waals surface area contributed by atoms with E-state index in [0.29, 0.717) is 11.0 Å². The highest BCUT2D eigenvalue weighted by molar-refractivity contribution is 7.92. The maximum Gasteiger partial charge on any atom is 0.270 e. The van der Waals surface area contributed by atoms with Crippen LogP contribution in [0.2, 0.25) is 0 Å². The molecule has 0 aliphatic rings. The minimum absolute atomic E-state index is 0.0838. The van der Waals surface area contributed by atoms with Crippen LogP contribution in [-0.2, 0) is 10.0 Å². The van der Waals surface area contributed by atoms with Crippen LogP contribution in [0.4, 0.5) is 17.1 Å². The summed E-state index contributed by atoms with van der Waals surface area (Å²) in [5, 5.41) is 10.8. The smallest absolute Gasteiger partial charge is 0.270 e. The molecule has 9 nitrogen and oxygen atoms in total. The van der Waals surface area contributed by atoms with Crippen molar-refractivity contribution >= 4 is 49.8 Å². The fourth-order valence-electron chi connectivity index (χ4n) is 1.93.